The Hall–Kier alpha value is -0.870. The average Bonchev–Trinajstić information content (AvgIpc) is 3.10. The number of hydrogen-bond donors (Lipinski definition) is 1. The van der Waals surface area contributed by atoms with Gasteiger partial charge in [0.15, 0.2) is 0 Å². The van der Waals surface area contributed by atoms with Crippen LogP contribution in [0.15, 0.2) is 17.5 Å². The monoisotopic (exact) mass is 292 g/mol. The second-order valence-corrected chi connectivity index (χ2v) is 7.02. The topological polar surface area (TPSA) is 32.3 Å². The SMILES string of the molecule is CCC1NC(c2cccs2)N(CC2CCCCC2)C1=O. The molecule has 3 nitrogen and oxygen atoms in total. The van der Waals surface area contributed by atoms with Crippen LogP contribution in [0.25, 0.3) is 0 Å². The first kappa shape index (κ1) is 14.1. The summed E-state index contributed by atoms with van der Waals surface area (Å²) in [4.78, 5) is 16.0. The molecule has 1 aliphatic heterocycles. The van der Waals surface area contributed by atoms with Gasteiger partial charge in [-0.15, -0.1) is 11.3 Å². The molecule has 1 saturated heterocycles. The van der Waals surface area contributed by atoms with E-state index in [0.29, 0.717) is 11.8 Å². The zero-order valence-corrected chi connectivity index (χ0v) is 13.0. The number of nitrogens with zero attached hydrogens (tertiary/aromatic N) is 1. The average molecular weight is 292 g/mol. The molecule has 3 rings (SSSR count). The molecule has 1 saturated carbocycles. The molecular formula is C16H24N2OS. The number of carbonyl (C=O) groups is 1. The highest BCUT2D eigenvalue weighted by molar-refractivity contribution is 7.10. The lowest BCUT2D eigenvalue weighted by Gasteiger charge is -2.30. The zero-order chi connectivity index (χ0) is 13.9. The van der Waals surface area contributed by atoms with E-state index in [-0.39, 0.29) is 12.2 Å². The van der Waals surface area contributed by atoms with Crippen LogP contribution in [0.2, 0.25) is 0 Å². The van der Waals surface area contributed by atoms with E-state index in [1.54, 1.807) is 11.3 Å². The minimum atomic E-state index is 0.00527. The van der Waals surface area contributed by atoms with Crippen molar-refractivity contribution >= 4 is 17.2 Å². The van der Waals surface area contributed by atoms with Gasteiger partial charge in [-0.1, -0.05) is 32.3 Å². The lowest BCUT2D eigenvalue weighted by Crippen LogP contribution is -2.35. The van der Waals surface area contributed by atoms with Crippen LogP contribution >= 0.6 is 11.3 Å². The molecule has 2 atom stereocenters. The molecule has 1 amide bonds. The zero-order valence-electron chi connectivity index (χ0n) is 12.2. The van der Waals surface area contributed by atoms with E-state index in [0.717, 1.165) is 13.0 Å². The second-order valence-electron chi connectivity index (χ2n) is 6.04. The normalized spacial score (nSPS) is 28.2. The highest BCUT2D eigenvalue weighted by Gasteiger charge is 2.39. The van der Waals surface area contributed by atoms with Gasteiger partial charge in [0, 0.05) is 11.4 Å². The summed E-state index contributed by atoms with van der Waals surface area (Å²) in [6, 6.07) is 4.22. The Morgan fingerprint density at radius 2 is 2.15 bits per heavy atom. The van der Waals surface area contributed by atoms with Crippen LogP contribution in [0.5, 0.6) is 0 Å². The summed E-state index contributed by atoms with van der Waals surface area (Å²) < 4.78 is 0. The van der Waals surface area contributed by atoms with Crippen LogP contribution in [0.3, 0.4) is 0 Å². The Morgan fingerprint density at radius 3 is 2.80 bits per heavy atom. The predicted octanol–water partition coefficient (Wildman–Crippen LogP) is 3.54. The Bertz CT molecular complexity index is 439. The van der Waals surface area contributed by atoms with Crippen LogP contribution in [0.1, 0.15) is 56.5 Å². The van der Waals surface area contributed by atoms with Crippen LogP contribution in [-0.2, 0) is 4.79 Å². The van der Waals surface area contributed by atoms with Crippen LogP contribution in [0, 0.1) is 5.92 Å². The van der Waals surface area contributed by atoms with E-state index in [4.69, 9.17) is 0 Å². The summed E-state index contributed by atoms with van der Waals surface area (Å²) in [6.45, 7) is 3.02. The quantitative estimate of drug-likeness (QED) is 0.920. The van der Waals surface area contributed by atoms with E-state index in [2.05, 4.69) is 34.7 Å². The minimum absolute atomic E-state index is 0.00527. The number of rotatable bonds is 4. The van der Waals surface area contributed by atoms with Crippen molar-refractivity contribution in [3.05, 3.63) is 22.4 Å². The summed E-state index contributed by atoms with van der Waals surface area (Å²) in [5.41, 5.74) is 0. The first-order valence-electron chi connectivity index (χ1n) is 7.89. The Labute approximate surface area is 125 Å². The van der Waals surface area contributed by atoms with Crippen molar-refractivity contribution in [3.8, 4) is 0 Å². The number of amides is 1. The molecule has 1 aliphatic carbocycles. The molecule has 2 heterocycles. The number of carbonyl (C=O) groups excluding carboxylic acids is 1. The van der Waals surface area contributed by atoms with Crippen molar-refractivity contribution < 1.29 is 4.79 Å². The van der Waals surface area contributed by atoms with Crippen LogP contribution < -0.4 is 5.32 Å². The van der Waals surface area contributed by atoms with Gasteiger partial charge < -0.3 is 4.90 Å². The molecule has 110 valence electrons. The Kier molecular flexibility index (Phi) is 4.41. The van der Waals surface area contributed by atoms with Crippen molar-refractivity contribution in [1.29, 1.82) is 0 Å². The van der Waals surface area contributed by atoms with E-state index in [1.165, 1.54) is 37.0 Å². The van der Waals surface area contributed by atoms with Gasteiger partial charge in [0.2, 0.25) is 5.91 Å². The number of hydrogen-bond acceptors (Lipinski definition) is 3. The van der Waals surface area contributed by atoms with Gasteiger partial charge in [-0.05, 0) is 36.6 Å². The summed E-state index contributed by atoms with van der Waals surface area (Å²) in [6.07, 6.45) is 7.60. The first-order chi connectivity index (χ1) is 9.79. The molecule has 20 heavy (non-hydrogen) atoms. The molecule has 0 spiro atoms. The molecule has 1 N–H and O–H groups in total. The van der Waals surface area contributed by atoms with E-state index in [1.807, 2.05) is 0 Å². The molecular weight excluding hydrogens is 268 g/mol. The van der Waals surface area contributed by atoms with Gasteiger partial charge >= 0.3 is 0 Å². The van der Waals surface area contributed by atoms with Gasteiger partial charge in [-0.2, -0.15) is 0 Å². The number of thiophene rings is 1. The standard InChI is InChI=1S/C16H24N2OS/c1-2-13-16(19)18(11-12-7-4-3-5-8-12)15(17-13)14-9-6-10-20-14/h6,9-10,12-13,15,17H,2-5,7-8,11H2,1H3. The third kappa shape index (κ3) is 2.77. The van der Waals surface area contributed by atoms with Crippen molar-refractivity contribution in [1.82, 2.24) is 10.2 Å². The summed E-state index contributed by atoms with van der Waals surface area (Å²) >= 11 is 1.74. The summed E-state index contributed by atoms with van der Waals surface area (Å²) in [5.74, 6) is 1.00. The fraction of sp³-hybridized carbons (Fsp3) is 0.688. The summed E-state index contributed by atoms with van der Waals surface area (Å²) in [7, 11) is 0. The molecule has 4 heteroatoms. The molecule has 2 aliphatic rings. The van der Waals surface area contributed by atoms with Crippen molar-refractivity contribution in [3.63, 3.8) is 0 Å². The van der Waals surface area contributed by atoms with Crippen LogP contribution in [-0.4, -0.2) is 23.4 Å². The van der Waals surface area contributed by atoms with Gasteiger partial charge in [-0.3, -0.25) is 10.1 Å². The highest BCUT2D eigenvalue weighted by atomic mass is 32.1. The van der Waals surface area contributed by atoms with E-state index < -0.39 is 0 Å². The molecule has 0 radical (unpaired) electrons. The highest BCUT2D eigenvalue weighted by Crippen LogP contribution is 2.33. The lowest BCUT2D eigenvalue weighted by atomic mass is 9.89. The smallest absolute Gasteiger partial charge is 0.241 e. The Morgan fingerprint density at radius 1 is 1.35 bits per heavy atom. The third-order valence-corrected chi connectivity index (χ3v) is 5.58. The molecule has 0 aromatic carbocycles. The third-order valence-electron chi connectivity index (χ3n) is 4.65. The molecule has 2 fully saturated rings. The predicted molar refractivity (Wildman–Crippen MR) is 82.6 cm³/mol. The maximum Gasteiger partial charge on any atom is 0.241 e. The second kappa shape index (κ2) is 6.27. The first-order valence-corrected chi connectivity index (χ1v) is 8.77. The van der Waals surface area contributed by atoms with Gasteiger partial charge in [0.25, 0.3) is 0 Å². The molecule has 2 unspecified atom stereocenters. The summed E-state index contributed by atoms with van der Waals surface area (Å²) in [5, 5.41) is 5.62. The maximum atomic E-state index is 12.6. The van der Waals surface area contributed by atoms with Crippen molar-refractivity contribution in [2.75, 3.05) is 6.54 Å². The van der Waals surface area contributed by atoms with Gasteiger partial charge in [0.05, 0.1) is 6.04 Å². The molecule has 0 bridgehead atoms. The van der Waals surface area contributed by atoms with Crippen molar-refractivity contribution in [2.24, 2.45) is 5.92 Å². The van der Waals surface area contributed by atoms with E-state index in [9.17, 15) is 4.79 Å². The van der Waals surface area contributed by atoms with E-state index >= 15 is 0 Å². The molecule has 1 aromatic heterocycles. The number of nitrogens with one attached hydrogen (secondary N) is 1. The largest absolute Gasteiger partial charge is 0.320 e. The van der Waals surface area contributed by atoms with Gasteiger partial charge in [0.1, 0.15) is 6.17 Å². The lowest BCUT2D eigenvalue weighted by molar-refractivity contribution is -0.130. The van der Waals surface area contributed by atoms with Crippen molar-refractivity contribution in [2.45, 2.75) is 57.7 Å². The van der Waals surface area contributed by atoms with Crippen LogP contribution in [0.4, 0.5) is 0 Å². The fourth-order valence-electron chi connectivity index (χ4n) is 3.50. The maximum absolute atomic E-state index is 12.6. The molecule has 1 aromatic rings. The fourth-order valence-corrected chi connectivity index (χ4v) is 4.29. The Balaban J connectivity index is 1.75. The minimum Gasteiger partial charge on any atom is -0.320 e. The van der Waals surface area contributed by atoms with Gasteiger partial charge in [-0.25, -0.2) is 0 Å².